The summed E-state index contributed by atoms with van der Waals surface area (Å²) in [5.41, 5.74) is -0.491. The Bertz CT molecular complexity index is 482. The minimum absolute atomic E-state index is 0.156. The van der Waals surface area contributed by atoms with E-state index in [-0.39, 0.29) is 12.5 Å². The maximum absolute atomic E-state index is 11.9. The van der Waals surface area contributed by atoms with Crippen molar-refractivity contribution in [1.82, 2.24) is 15.3 Å². The molecule has 1 amide bonds. The van der Waals surface area contributed by atoms with E-state index in [1.807, 2.05) is 0 Å². The molecule has 2 rings (SSSR count). The zero-order valence-corrected chi connectivity index (χ0v) is 11.5. The predicted octanol–water partition coefficient (Wildman–Crippen LogP) is 1.49. The third-order valence-electron chi connectivity index (χ3n) is 4.10. The number of hydrogen-bond acceptors (Lipinski definition) is 4. The van der Waals surface area contributed by atoms with Gasteiger partial charge in [-0.3, -0.25) is 9.59 Å². The molecule has 0 aliphatic heterocycles. The summed E-state index contributed by atoms with van der Waals surface area (Å²) < 4.78 is 0. The van der Waals surface area contributed by atoms with E-state index in [0.717, 1.165) is 12.8 Å². The van der Waals surface area contributed by atoms with Gasteiger partial charge < -0.3 is 10.4 Å². The van der Waals surface area contributed by atoms with Crippen LogP contribution in [-0.4, -0.2) is 33.5 Å². The summed E-state index contributed by atoms with van der Waals surface area (Å²) in [5.74, 6) is -0.598. The maximum atomic E-state index is 11.9. The molecule has 1 aromatic heterocycles. The summed E-state index contributed by atoms with van der Waals surface area (Å²) in [6.45, 7) is 2.29. The lowest BCUT2D eigenvalue weighted by Crippen LogP contribution is -2.45. The number of rotatable bonds is 4. The molecular formula is C14H19N3O3. The zero-order chi connectivity index (χ0) is 14.6. The molecule has 108 valence electrons. The average molecular weight is 277 g/mol. The van der Waals surface area contributed by atoms with Crippen LogP contribution in [-0.2, 0) is 4.79 Å². The second-order valence-electron chi connectivity index (χ2n) is 5.58. The number of carboxylic acids is 1. The zero-order valence-electron chi connectivity index (χ0n) is 11.5. The molecule has 2 N–H and O–H groups in total. The van der Waals surface area contributed by atoms with Crippen molar-refractivity contribution in [2.75, 3.05) is 6.54 Å². The lowest BCUT2D eigenvalue weighted by atomic mass is 9.71. The Hall–Kier alpha value is -1.98. The fraction of sp³-hybridized carbons (Fsp3) is 0.571. The Balaban J connectivity index is 2.00. The van der Waals surface area contributed by atoms with Crippen LogP contribution in [0.1, 0.15) is 43.0 Å². The van der Waals surface area contributed by atoms with Crippen LogP contribution in [0.3, 0.4) is 0 Å². The number of carbonyl (C=O) groups is 2. The lowest BCUT2D eigenvalue weighted by Gasteiger charge is -2.35. The minimum atomic E-state index is -0.836. The van der Waals surface area contributed by atoms with E-state index in [0.29, 0.717) is 24.3 Å². The molecule has 1 aliphatic carbocycles. The van der Waals surface area contributed by atoms with Gasteiger partial charge >= 0.3 is 5.97 Å². The molecule has 6 nitrogen and oxygen atoms in total. The Morgan fingerprint density at radius 3 is 2.50 bits per heavy atom. The van der Waals surface area contributed by atoms with Crippen LogP contribution in [0.5, 0.6) is 0 Å². The predicted molar refractivity (Wildman–Crippen MR) is 72.1 cm³/mol. The first kappa shape index (κ1) is 14.4. The Kier molecular flexibility index (Phi) is 4.32. The van der Waals surface area contributed by atoms with Crippen LogP contribution in [0, 0.1) is 11.3 Å². The highest BCUT2D eigenvalue weighted by molar-refractivity contribution is 5.93. The quantitative estimate of drug-likeness (QED) is 0.869. The maximum Gasteiger partial charge on any atom is 0.311 e. The van der Waals surface area contributed by atoms with E-state index in [1.165, 1.54) is 18.7 Å². The second kappa shape index (κ2) is 5.98. The van der Waals surface area contributed by atoms with Crippen LogP contribution in [0.15, 0.2) is 18.7 Å². The molecule has 0 bridgehead atoms. The highest BCUT2D eigenvalue weighted by Gasteiger charge is 2.41. The summed E-state index contributed by atoms with van der Waals surface area (Å²) in [6, 6.07) is 0. The van der Waals surface area contributed by atoms with Gasteiger partial charge in [0.1, 0.15) is 6.33 Å². The second-order valence-corrected chi connectivity index (χ2v) is 5.58. The highest BCUT2D eigenvalue weighted by atomic mass is 16.4. The van der Waals surface area contributed by atoms with Crippen molar-refractivity contribution in [3.8, 4) is 0 Å². The molecule has 1 heterocycles. The lowest BCUT2D eigenvalue weighted by molar-refractivity contribution is -0.151. The first-order chi connectivity index (χ1) is 9.53. The van der Waals surface area contributed by atoms with E-state index < -0.39 is 11.4 Å². The Morgan fingerprint density at radius 2 is 1.95 bits per heavy atom. The smallest absolute Gasteiger partial charge is 0.311 e. The molecular weight excluding hydrogens is 258 g/mol. The van der Waals surface area contributed by atoms with Crippen molar-refractivity contribution in [2.24, 2.45) is 11.3 Å². The molecule has 0 saturated heterocycles. The Labute approximate surface area is 117 Å². The fourth-order valence-corrected chi connectivity index (χ4v) is 2.55. The van der Waals surface area contributed by atoms with Crippen molar-refractivity contribution < 1.29 is 14.7 Å². The Morgan fingerprint density at radius 1 is 1.35 bits per heavy atom. The SMILES string of the molecule is CC1CCC(CNC(=O)c2cncnc2)(C(=O)O)CC1. The third-order valence-corrected chi connectivity index (χ3v) is 4.10. The van der Waals surface area contributed by atoms with Gasteiger partial charge in [0.2, 0.25) is 0 Å². The van der Waals surface area contributed by atoms with Crippen LogP contribution in [0.25, 0.3) is 0 Å². The van der Waals surface area contributed by atoms with Crippen LogP contribution >= 0.6 is 0 Å². The molecule has 1 saturated carbocycles. The fourth-order valence-electron chi connectivity index (χ4n) is 2.55. The van der Waals surface area contributed by atoms with Crippen molar-refractivity contribution >= 4 is 11.9 Å². The summed E-state index contributed by atoms with van der Waals surface area (Å²) >= 11 is 0. The highest BCUT2D eigenvalue weighted by Crippen LogP contribution is 2.38. The van der Waals surface area contributed by atoms with Gasteiger partial charge in [-0.25, -0.2) is 9.97 Å². The van der Waals surface area contributed by atoms with E-state index in [2.05, 4.69) is 22.2 Å². The minimum Gasteiger partial charge on any atom is -0.481 e. The van der Waals surface area contributed by atoms with Crippen molar-refractivity contribution in [3.05, 3.63) is 24.3 Å². The van der Waals surface area contributed by atoms with Gasteiger partial charge in [-0.05, 0) is 31.6 Å². The standard InChI is InChI=1S/C14H19N3O3/c1-10-2-4-14(5-3-10,13(19)20)8-17-12(18)11-6-15-9-16-7-11/h6-7,9-10H,2-5,8H2,1H3,(H,17,18)(H,19,20). The average Bonchev–Trinajstić information content (AvgIpc) is 2.47. The number of carboxylic acid groups (broad SMARTS) is 1. The van der Waals surface area contributed by atoms with Gasteiger partial charge in [-0.15, -0.1) is 0 Å². The molecule has 0 spiro atoms. The molecule has 0 radical (unpaired) electrons. The number of amides is 1. The topological polar surface area (TPSA) is 92.2 Å². The monoisotopic (exact) mass is 277 g/mol. The number of aromatic nitrogens is 2. The van der Waals surface area contributed by atoms with Gasteiger partial charge in [0, 0.05) is 18.9 Å². The number of nitrogens with zero attached hydrogens (tertiary/aromatic N) is 2. The van der Waals surface area contributed by atoms with E-state index >= 15 is 0 Å². The van der Waals surface area contributed by atoms with Gasteiger partial charge in [0.15, 0.2) is 0 Å². The normalized spacial score (nSPS) is 25.9. The molecule has 0 atom stereocenters. The molecule has 0 unspecified atom stereocenters. The molecule has 20 heavy (non-hydrogen) atoms. The molecule has 6 heteroatoms. The first-order valence-electron chi connectivity index (χ1n) is 6.80. The number of carbonyl (C=O) groups excluding carboxylic acids is 1. The third kappa shape index (κ3) is 3.12. The first-order valence-corrected chi connectivity index (χ1v) is 6.80. The van der Waals surface area contributed by atoms with Gasteiger partial charge in [-0.2, -0.15) is 0 Å². The summed E-state index contributed by atoms with van der Waals surface area (Å²) in [4.78, 5) is 31.0. The van der Waals surface area contributed by atoms with Gasteiger partial charge in [0.25, 0.3) is 5.91 Å². The van der Waals surface area contributed by atoms with Crippen LogP contribution in [0.2, 0.25) is 0 Å². The largest absolute Gasteiger partial charge is 0.481 e. The van der Waals surface area contributed by atoms with Gasteiger partial charge in [0.05, 0.1) is 11.0 Å². The molecule has 1 fully saturated rings. The number of aliphatic carboxylic acids is 1. The molecule has 1 aliphatic rings. The molecule has 0 aromatic carbocycles. The van der Waals surface area contributed by atoms with Crippen LogP contribution < -0.4 is 5.32 Å². The van der Waals surface area contributed by atoms with E-state index in [4.69, 9.17) is 0 Å². The summed E-state index contributed by atoms with van der Waals surface area (Å²) in [5, 5.41) is 12.2. The van der Waals surface area contributed by atoms with Crippen LogP contribution in [0.4, 0.5) is 0 Å². The van der Waals surface area contributed by atoms with Gasteiger partial charge in [-0.1, -0.05) is 6.92 Å². The van der Waals surface area contributed by atoms with E-state index in [1.54, 1.807) is 0 Å². The number of nitrogens with one attached hydrogen (secondary N) is 1. The van der Waals surface area contributed by atoms with Crippen molar-refractivity contribution in [3.63, 3.8) is 0 Å². The van der Waals surface area contributed by atoms with Crippen molar-refractivity contribution in [1.29, 1.82) is 0 Å². The molecule has 1 aromatic rings. The van der Waals surface area contributed by atoms with Crippen molar-refractivity contribution in [2.45, 2.75) is 32.6 Å². The summed E-state index contributed by atoms with van der Waals surface area (Å²) in [7, 11) is 0. The number of hydrogen-bond donors (Lipinski definition) is 2. The summed E-state index contributed by atoms with van der Waals surface area (Å²) in [6.07, 6.45) is 7.16. The van der Waals surface area contributed by atoms with E-state index in [9.17, 15) is 14.7 Å².